The third kappa shape index (κ3) is 3.36. The van der Waals surface area contributed by atoms with Crippen molar-refractivity contribution < 1.29 is 4.79 Å². The second-order valence-corrected chi connectivity index (χ2v) is 3.92. The highest BCUT2D eigenvalue weighted by Gasteiger charge is 2.05. The van der Waals surface area contributed by atoms with Gasteiger partial charge in [-0.3, -0.25) is 9.80 Å². The van der Waals surface area contributed by atoms with Crippen LogP contribution in [-0.4, -0.2) is 18.0 Å². The van der Waals surface area contributed by atoms with Crippen molar-refractivity contribution in [1.29, 1.82) is 0 Å². The molecule has 0 fully saturated rings. The van der Waals surface area contributed by atoms with Gasteiger partial charge in [0.15, 0.2) is 0 Å². The van der Waals surface area contributed by atoms with Gasteiger partial charge in [-0.2, -0.15) is 0 Å². The molecule has 1 aromatic carbocycles. The molecule has 3 heteroatoms. The van der Waals surface area contributed by atoms with Crippen molar-refractivity contribution in [2.24, 2.45) is 5.84 Å². The Hall–Kier alpha value is -1.35. The lowest BCUT2D eigenvalue weighted by Crippen LogP contribution is -2.33. The Bertz CT molecular complexity index is 359. The number of hydrazine groups is 1. The Morgan fingerprint density at radius 3 is 2.53 bits per heavy atom. The molecule has 0 aliphatic carbocycles. The van der Waals surface area contributed by atoms with Crippen molar-refractivity contribution >= 4 is 5.91 Å². The van der Waals surface area contributed by atoms with Crippen molar-refractivity contribution in [1.82, 2.24) is 5.01 Å². The molecule has 1 aromatic rings. The first-order chi connectivity index (χ1) is 7.00. The minimum Gasteiger partial charge on any atom is -0.284 e. The molecule has 1 rings (SSSR count). The summed E-state index contributed by atoms with van der Waals surface area (Å²) in [6.45, 7) is 4.16. The van der Waals surface area contributed by atoms with Crippen LogP contribution in [0, 0.1) is 13.8 Å². The Balaban J connectivity index is 2.58. The summed E-state index contributed by atoms with van der Waals surface area (Å²) in [5.74, 6) is 5.30. The first-order valence-corrected chi connectivity index (χ1v) is 5.08. The van der Waals surface area contributed by atoms with E-state index in [4.69, 9.17) is 5.84 Å². The number of nitrogens with zero attached hydrogens (tertiary/aromatic N) is 1. The molecule has 0 atom stereocenters. The fourth-order valence-corrected chi connectivity index (χ4v) is 1.39. The number of aryl methyl sites for hydroxylation is 3. The third-order valence-corrected chi connectivity index (χ3v) is 2.59. The molecule has 0 saturated heterocycles. The lowest BCUT2D eigenvalue weighted by atomic mass is 10.0. The normalized spacial score (nSPS) is 10.1. The molecule has 1 amide bonds. The number of carbonyl (C=O) groups is 1. The monoisotopic (exact) mass is 206 g/mol. The molecule has 0 saturated carbocycles. The van der Waals surface area contributed by atoms with E-state index in [1.54, 1.807) is 7.05 Å². The van der Waals surface area contributed by atoms with Crippen LogP contribution in [0.3, 0.4) is 0 Å². The molecule has 3 nitrogen and oxygen atoms in total. The van der Waals surface area contributed by atoms with Gasteiger partial charge in [-0.15, -0.1) is 0 Å². The smallest absolute Gasteiger partial charge is 0.236 e. The first-order valence-electron chi connectivity index (χ1n) is 5.08. The molecule has 0 radical (unpaired) electrons. The zero-order valence-corrected chi connectivity index (χ0v) is 9.58. The molecule has 15 heavy (non-hydrogen) atoms. The maximum Gasteiger partial charge on any atom is 0.236 e. The number of hydrogen-bond acceptors (Lipinski definition) is 2. The Morgan fingerprint density at radius 1 is 1.33 bits per heavy atom. The van der Waals surface area contributed by atoms with Crippen LogP contribution < -0.4 is 5.84 Å². The van der Waals surface area contributed by atoms with E-state index in [1.807, 2.05) is 0 Å². The summed E-state index contributed by atoms with van der Waals surface area (Å²) in [4.78, 5) is 11.3. The fraction of sp³-hybridized carbons (Fsp3) is 0.417. The Morgan fingerprint density at radius 2 is 2.00 bits per heavy atom. The molecule has 82 valence electrons. The molecule has 0 spiro atoms. The lowest BCUT2D eigenvalue weighted by molar-refractivity contribution is -0.130. The second kappa shape index (κ2) is 4.94. The molecular formula is C12H18N2O. The zero-order valence-electron chi connectivity index (χ0n) is 9.58. The van der Waals surface area contributed by atoms with Crippen LogP contribution in [0.5, 0.6) is 0 Å². The van der Waals surface area contributed by atoms with Crippen LogP contribution >= 0.6 is 0 Å². The van der Waals surface area contributed by atoms with E-state index in [0.717, 1.165) is 11.4 Å². The van der Waals surface area contributed by atoms with E-state index in [2.05, 4.69) is 32.0 Å². The number of rotatable bonds is 3. The van der Waals surface area contributed by atoms with Crippen LogP contribution in [0.15, 0.2) is 18.2 Å². The van der Waals surface area contributed by atoms with Gasteiger partial charge < -0.3 is 0 Å². The average molecular weight is 206 g/mol. The summed E-state index contributed by atoms with van der Waals surface area (Å²) in [5.41, 5.74) is 3.73. The SMILES string of the molecule is Cc1ccc(CCC(=O)N(C)N)cc1C. The number of carbonyl (C=O) groups excluding carboxylic acids is 1. The largest absolute Gasteiger partial charge is 0.284 e. The highest BCUT2D eigenvalue weighted by molar-refractivity contribution is 5.75. The number of hydrogen-bond donors (Lipinski definition) is 1. The molecule has 0 heterocycles. The van der Waals surface area contributed by atoms with Gasteiger partial charge in [0.2, 0.25) is 5.91 Å². The number of amides is 1. The maximum atomic E-state index is 11.3. The van der Waals surface area contributed by atoms with Crippen LogP contribution in [0.4, 0.5) is 0 Å². The first kappa shape index (κ1) is 11.7. The van der Waals surface area contributed by atoms with Gasteiger partial charge in [0.1, 0.15) is 0 Å². The molecule has 0 unspecified atom stereocenters. The van der Waals surface area contributed by atoms with Gasteiger partial charge in [-0.25, -0.2) is 5.84 Å². The summed E-state index contributed by atoms with van der Waals surface area (Å²) >= 11 is 0. The second-order valence-electron chi connectivity index (χ2n) is 3.92. The van der Waals surface area contributed by atoms with Gasteiger partial charge in [-0.05, 0) is 37.0 Å². The van der Waals surface area contributed by atoms with Crippen molar-refractivity contribution in [3.05, 3.63) is 34.9 Å². The Labute approximate surface area is 90.9 Å². The minimum atomic E-state index is -0.0340. The van der Waals surface area contributed by atoms with Crippen molar-refractivity contribution in [3.8, 4) is 0 Å². The molecule has 2 N–H and O–H groups in total. The maximum absolute atomic E-state index is 11.3. The van der Waals surface area contributed by atoms with E-state index in [1.165, 1.54) is 16.7 Å². The topological polar surface area (TPSA) is 46.3 Å². The van der Waals surface area contributed by atoms with Gasteiger partial charge in [-0.1, -0.05) is 18.2 Å². The molecule has 0 aromatic heterocycles. The summed E-state index contributed by atoms with van der Waals surface area (Å²) in [5, 5.41) is 1.14. The van der Waals surface area contributed by atoms with E-state index in [9.17, 15) is 4.79 Å². The predicted molar refractivity (Wildman–Crippen MR) is 61.2 cm³/mol. The molecule has 0 aliphatic rings. The summed E-state index contributed by atoms with van der Waals surface area (Å²) < 4.78 is 0. The standard InChI is InChI=1S/C12H18N2O/c1-9-4-5-11(8-10(9)2)6-7-12(15)14(3)13/h4-5,8H,6-7,13H2,1-3H3. The van der Waals surface area contributed by atoms with Crippen molar-refractivity contribution in [2.45, 2.75) is 26.7 Å². The molecular weight excluding hydrogens is 188 g/mol. The van der Waals surface area contributed by atoms with Gasteiger partial charge in [0.25, 0.3) is 0 Å². The molecule has 0 aliphatic heterocycles. The third-order valence-electron chi connectivity index (χ3n) is 2.59. The fourth-order valence-electron chi connectivity index (χ4n) is 1.39. The summed E-state index contributed by atoms with van der Waals surface area (Å²) in [6, 6.07) is 6.27. The number of benzene rings is 1. The highest BCUT2D eigenvalue weighted by atomic mass is 16.2. The quantitative estimate of drug-likeness (QED) is 0.463. The Kier molecular flexibility index (Phi) is 3.86. The summed E-state index contributed by atoms with van der Waals surface area (Å²) in [7, 11) is 1.57. The van der Waals surface area contributed by atoms with E-state index in [0.29, 0.717) is 6.42 Å². The van der Waals surface area contributed by atoms with Crippen molar-refractivity contribution in [3.63, 3.8) is 0 Å². The van der Waals surface area contributed by atoms with Crippen LogP contribution in [-0.2, 0) is 11.2 Å². The van der Waals surface area contributed by atoms with Gasteiger partial charge in [0.05, 0.1) is 0 Å². The van der Waals surface area contributed by atoms with E-state index in [-0.39, 0.29) is 5.91 Å². The predicted octanol–water partition coefficient (Wildman–Crippen LogP) is 1.57. The van der Waals surface area contributed by atoms with Crippen molar-refractivity contribution in [2.75, 3.05) is 7.05 Å². The van der Waals surface area contributed by atoms with E-state index >= 15 is 0 Å². The average Bonchev–Trinajstić information content (AvgIpc) is 2.19. The summed E-state index contributed by atoms with van der Waals surface area (Å²) in [6.07, 6.45) is 1.22. The minimum absolute atomic E-state index is 0.0340. The van der Waals surface area contributed by atoms with Gasteiger partial charge >= 0.3 is 0 Å². The van der Waals surface area contributed by atoms with E-state index < -0.39 is 0 Å². The van der Waals surface area contributed by atoms with Crippen LogP contribution in [0.25, 0.3) is 0 Å². The molecule has 0 bridgehead atoms. The highest BCUT2D eigenvalue weighted by Crippen LogP contribution is 2.11. The van der Waals surface area contributed by atoms with Crippen LogP contribution in [0.2, 0.25) is 0 Å². The van der Waals surface area contributed by atoms with Gasteiger partial charge in [0, 0.05) is 13.5 Å². The lowest BCUT2D eigenvalue weighted by Gasteiger charge is -2.10. The number of nitrogens with two attached hydrogens (primary N) is 1. The zero-order chi connectivity index (χ0) is 11.4. The van der Waals surface area contributed by atoms with Crippen LogP contribution in [0.1, 0.15) is 23.1 Å².